The summed E-state index contributed by atoms with van der Waals surface area (Å²) in [5, 5.41) is 10.2. The van der Waals surface area contributed by atoms with Gasteiger partial charge in [-0.1, -0.05) is 18.2 Å². The fraction of sp³-hybridized carbons (Fsp3) is 0.167. The Hall–Kier alpha value is -2.57. The molecule has 3 aromatic rings. The largest absolute Gasteiger partial charge is 0.343 e. The molecule has 1 aromatic heterocycles. The van der Waals surface area contributed by atoms with Crippen LogP contribution in [0.3, 0.4) is 0 Å². The van der Waals surface area contributed by atoms with Crippen LogP contribution in [0.1, 0.15) is 16.7 Å². The summed E-state index contributed by atoms with van der Waals surface area (Å²) in [6.07, 6.45) is 3.00. The van der Waals surface area contributed by atoms with E-state index in [-0.39, 0.29) is 0 Å². The maximum atomic E-state index is 8.97. The van der Waals surface area contributed by atoms with E-state index in [4.69, 9.17) is 11.0 Å². The molecule has 3 nitrogen and oxygen atoms in total. The predicted molar refractivity (Wildman–Crippen MR) is 85.0 cm³/mol. The molecule has 0 saturated heterocycles. The Kier molecular flexibility index (Phi) is 3.72. The molecule has 3 rings (SSSR count). The molecule has 1 heterocycles. The van der Waals surface area contributed by atoms with Crippen molar-refractivity contribution in [2.45, 2.75) is 13.0 Å². The van der Waals surface area contributed by atoms with Crippen molar-refractivity contribution in [1.82, 2.24) is 4.57 Å². The van der Waals surface area contributed by atoms with Gasteiger partial charge in [-0.2, -0.15) is 5.26 Å². The third-order valence-electron chi connectivity index (χ3n) is 3.68. The quantitative estimate of drug-likeness (QED) is 0.795. The van der Waals surface area contributed by atoms with Gasteiger partial charge in [0.15, 0.2) is 0 Å². The molecular weight excluding hydrogens is 258 g/mol. The lowest BCUT2D eigenvalue weighted by molar-refractivity contribution is 0.836. The van der Waals surface area contributed by atoms with E-state index in [0.717, 1.165) is 18.5 Å². The fourth-order valence-corrected chi connectivity index (χ4v) is 2.65. The topological polar surface area (TPSA) is 54.7 Å². The van der Waals surface area contributed by atoms with Crippen LogP contribution in [0.4, 0.5) is 0 Å². The lowest BCUT2D eigenvalue weighted by Crippen LogP contribution is -2.02. The summed E-state index contributed by atoms with van der Waals surface area (Å²) in [7, 11) is 0. The van der Waals surface area contributed by atoms with Crippen molar-refractivity contribution in [2.75, 3.05) is 6.54 Å². The van der Waals surface area contributed by atoms with Crippen LogP contribution in [0.5, 0.6) is 0 Å². The van der Waals surface area contributed by atoms with Gasteiger partial charge in [0.05, 0.1) is 11.6 Å². The number of fused-ring (bicyclic) bond motifs is 1. The zero-order valence-electron chi connectivity index (χ0n) is 11.8. The van der Waals surface area contributed by atoms with E-state index in [1.807, 2.05) is 18.2 Å². The van der Waals surface area contributed by atoms with Crippen molar-refractivity contribution < 1.29 is 0 Å². The molecule has 2 N–H and O–H groups in total. The van der Waals surface area contributed by atoms with Crippen molar-refractivity contribution in [3.8, 4) is 6.07 Å². The minimum Gasteiger partial charge on any atom is -0.343 e. The minimum absolute atomic E-state index is 0.674. The van der Waals surface area contributed by atoms with Gasteiger partial charge in [0.1, 0.15) is 0 Å². The van der Waals surface area contributed by atoms with Gasteiger partial charge >= 0.3 is 0 Å². The number of benzene rings is 2. The first-order valence-electron chi connectivity index (χ1n) is 7.07. The van der Waals surface area contributed by atoms with Crippen LogP contribution in [-0.4, -0.2) is 11.1 Å². The summed E-state index contributed by atoms with van der Waals surface area (Å²) in [4.78, 5) is 0. The Morgan fingerprint density at radius 2 is 1.95 bits per heavy atom. The monoisotopic (exact) mass is 275 g/mol. The lowest BCUT2D eigenvalue weighted by Gasteiger charge is -2.07. The number of hydrogen-bond acceptors (Lipinski definition) is 2. The normalized spacial score (nSPS) is 10.7. The Morgan fingerprint density at radius 1 is 1.05 bits per heavy atom. The molecule has 0 bridgehead atoms. The number of hydrogen-bond donors (Lipinski definition) is 1. The smallest absolute Gasteiger partial charge is 0.0991 e. The maximum Gasteiger partial charge on any atom is 0.0991 e. The number of rotatable bonds is 4. The molecule has 0 aliphatic carbocycles. The van der Waals surface area contributed by atoms with Gasteiger partial charge in [0, 0.05) is 18.3 Å². The zero-order chi connectivity index (χ0) is 14.7. The summed E-state index contributed by atoms with van der Waals surface area (Å²) < 4.78 is 2.21. The van der Waals surface area contributed by atoms with Gasteiger partial charge in [0.25, 0.3) is 0 Å². The summed E-state index contributed by atoms with van der Waals surface area (Å²) in [6.45, 7) is 1.45. The Morgan fingerprint density at radius 3 is 2.76 bits per heavy atom. The maximum absolute atomic E-state index is 8.97. The summed E-state index contributed by atoms with van der Waals surface area (Å²) in [5.41, 5.74) is 9.93. The van der Waals surface area contributed by atoms with E-state index >= 15 is 0 Å². The second-order valence-corrected chi connectivity index (χ2v) is 5.19. The Bertz CT molecular complexity index is 809. The van der Waals surface area contributed by atoms with Gasteiger partial charge in [-0.15, -0.1) is 0 Å². The first-order valence-corrected chi connectivity index (χ1v) is 7.07. The van der Waals surface area contributed by atoms with Crippen molar-refractivity contribution in [3.63, 3.8) is 0 Å². The van der Waals surface area contributed by atoms with Crippen LogP contribution in [0.15, 0.2) is 54.7 Å². The molecule has 0 radical (unpaired) electrons. The van der Waals surface area contributed by atoms with E-state index in [9.17, 15) is 0 Å². The molecule has 2 aromatic carbocycles. The molecular formula is C18H17N3. The molecule has 0 aliphatic rings. The summed E-state index contributed by atoms with van der Waals surface area (Å²) in [5.74, 6) is 0. The van der Waals surface area contributed by atoms with Crippen LogP contribution in [0.2, 0.25) is 0 Å². The standard InChI is InChI=1S/C18H17N3/c19-8-6-14-4-5-18-17(11-14)7-9-21(18)13-16-3-1-2-15(10-16)12-20/h1-5,7,9-11H,6,8,13,19H2. The first kappa shape index (κ1) is 13.4. The van der Waals surface area contributed by atoms with Gasteiger partial charge in [-0.25, -0.2) is 0 Å². The number of nitriles is 1. The van der Waals surface area contributed by atoms with Crippen LogP contribution >= 0.6 is 0 Å². The zero-order valence-corrected chi connectivity index (χ0v) is 11.8. The fourth-order valence-electron chi connectivity index (χ4n) is 2.65. The molecule has 0 aliphatic heterocycles. The minimum atomic E-state index is 0.674. The molecule has 0 saturated carbocycles. The number of aromatic nitrogens is 1. The molecule has 0 spiro atoms. The highest BCUT2D eigenvalue weighted by molar-refractivity contribution is 5.81. The molecule has 0 fully saturated rings. The van der Waals surface area contributed by atoms with E-state index in [0.29, 0.717) is 12.1 Å². The van der Waals surface area contributed by atoms with Gasteiger partial charge in [0.2, 0.25) is 0 Å². The van der Waals surface area contributed by atoms with Crippen LogP contribution in [0.25, 0.3) is 10.9 Å². The lowest BCUT2D eigenvalue weighted by atomic mass is 10.1. The van der Waals surface area contributed by atoms with E-state index < -0.39 is 0 Å². The third kappa shape index (κ3) is 2.81. The highest BCUT2D eigenvalue weighted by Gasteiger charge is 2.03. The SMILES string of the molecule is N#Cc1cccc(Cn2ccc3cc(CCN)ccc32)c1. The van der Waals surface area contributed by atoms with Gasteiger partial charge in [-0.3, -0.25) is 0 Å². The van der Waals surface area contributed by atoms with Crippen molar-refractivity contribution >= 4 is 10.9 Å². The molecule has 0 unspecified atom stereocenters. The molecule has 3 heteroatoms. The van der Waals surface area contributed by atoms with Crippen LogP contribution < -0.4 is 5.73 Å². The number of nitrogens with zero attached hydrogens (tertiary/aromatic N) is 2. The van der Waals surface area contributed by atoms with E-state index in [1.54, 1.807) is 0 Å². The van der Waals surface area contributed by atoms with Crippen LogP contribution in [0, 0.1) is 11.3 Å². The summed E-state index contributed by atoms with van der Waals surface area (Å²) in [6, 6.07) is 18.5. The second-order valence-electron chi connectivity index (χ2n) is 5.19. The molecule has 0 atom stereocenters. The van der Waals surface area contributed by atoms with E-state index in [1.165, 1.54) is 16.5 Å². The van der Waals surface area contributed by atoms with Crippen molar-refractivity contribution in [3.05, 3.63) is 71.4 Å². The predicted octanol–water partition coefficient (Wildman–Crippen LogP) is 3.06. The second kappa shape index (κ2) is 5.82. The van der Waals surface area contributed by atoms with Crippen molar-refractivity contribution in [1.29, 1.82) is 5.26 Å². The van der Waals surface area contributed by atoms with Crippen molar-refractivity contribution in [2.24, 2.45) is 5.73 Å². The number of nitrogens with two attached hydrogens (primary N) is 1. The average Bonchev–Trinajstić information content (AvgIpc) is 2.90. The highest BCUT2D eigenvalue weighted by Crippen LogP contribution is 2.19. The Balaban J connectivity index is 1.92. The van der Waals surface area contributed by atoms with E-state index in [2.05, 4.69) is 47.2 Å². The van der Waals surface area contributed by atoms with Gasteiger partial charge in [-0.05, 0) is 59.8 Å². The molecule has 104 valence electrons. The molecule has 0 amide bonds. The summed E-state index contributed by atoms with van der Waals surface area (Å²) >= 11 is 0. The first-order chi connectivity index (χ1) is 10.3. The highest BCUT2D eigenvalue weighted by atomic mass is 14.9. The molecule has 21 heavy (non-hydrogen) atoms. The third-order valence-corrected chi connectivity index (χ3v) is 3.68. The Labute approximate surface area is 124 Å². The average molecular weight is 275 g/mol. The van der Waals surface area contributed by atoms with Crippen LogP contribution in [-0.2, 0) is 13.0 Å². The van der Waals surface area contributed by atoms with Gasteiger partial charge < -0.3 is 10.3 Å².